The Morgan fingerprint density at radius 2 is 2.03 bits per heavy atom. The van der Waals surface area contributed by atoms with E-state index in [1.807, 2.05) is 31.5 Å². The van der Waals surface area contributed by atoms with Crippen LogP contribution in [-0.4, -0.2) is 32.6 Å². The van der Waals surface area contributed by atoms with E-state index in [-0.39, 0.29) is 12.5 Å². The maximum absolute atomic E-state index is 12.8. The molecule has 4 N–H and O–H groups in total. The molecule has 0 fully saturated rings. The molecular formula is C24H25ClN4O2. The van der Waals surface area contributed by atoms with Crippen molar-refractivity contribution >= 4 is 28.5 Å². The van der Waals surface area contributed by atoms with Gasteiger partial charge in [-0.25, -0.2) is 4.98 Å². The van der Waals surface area contributed by atoms with Gasteiger partial charge < -0.3 is 20.4 Å². The molecule has 0 saturated carbocycles. The number of halogens is 1. The van der Waals surface area contributed by atoms with Crippen molar-refractivity contribution in [3.63, 3.8) is 0 Å². The average molecular weight is 437 g/mol. The van der Waals surface area contributed by atoms with E-state index in [0.29, 0.717) is 16.6 Å². The van der Waals surface area contributed by atoms with Gasteiger partial charge in [0.1, 0.15) is 11.3 Å². The number of rotatable bonds is 6. The summed E-state index contributed by atoms with van der Waals surface area (Å²) in [6.45, 7) is 6.04. The molecule has 31 heavy (non-hydrogen) atoms. The Hall–Kier alpha value is -3.09. The summed E-state index contributed by atoms with van der Waals surface area (Å²) in [4.78, 5) is 23.8. The van der Waals surface area contributed by atoms with E-state index in [4.69, 9.17) is 11.6 Å². The van der Waals surface area contributed by atoms with Crippen molar-refractivity contribution in [2.24, 2.45) is 0 Å². The van der Waals surface area contributed by atoms with Gasteiger partial charge in [0, 0.05) is 39.6 Å². The minimum Gasteiger partial charge on any atom is -0.394 e. The van der Waals surface area contributed by atoms with E-state index in [2.05, 4.69) is 40.2 Å². The molecule has 6 nitrogen and oxygen atoms in total. The zero-order chi connectivity index (χ0) is 22.1. The highest BCUT2D eigenvalue weighted by Gasteiger charge is 2.19. The minimum absolute atomic E-state index is 0.231. The quantitative estimate of drug-likeness (QED) is 0.338. The van der Waals surface area contributed by atoms with Gasteiger partial charge in [-0.2, -0.15) is 0 Å². The third kappa shape index (κ3) is 4.22. The maximum atomic E-state index is 12.8. The molecule has 0 spiro atoms. The zero-order valence-electron chi connectivity index (χ0n) is 17.7. The van der Waals surface area contributed by atoms with Crippen LogP contribution in [0.3, 0.4) is 0 Å². The SMILES string of the molecule is Cc1[nH]c2ncc(C(C)C)cc2c1-c1c[nH]c(C(=O)N[C@H](CO)c2cccc(Cl)c2)c1. The number of hydrogen-bond acceptors (Lipinski definition) is 3. The molecule has 4 aromatic rings. The van der Waals surface area contributed by atoms with E-state index in [1.54, 1.807) is 18.2 Å². The Morgan fingerprint density at radius 3 is 2.74 bits per heavy atom. The molecule has 4 rings (SSSR count). The van der Waals surface area contributed by atoms with Crippen LogP contribution in [0.1, 0.15) is 53.1 Å². The second-order valence-electron chi connectivity index (χ2n) is 8.01. The van der Waals surface area contributed by atoms with Crippen molar-refractivity contribution in [3.05, 3.63) is 76.3 Å². The second kappa shape index (κ2) is 8.57. The molecule has 1 atom stereocenters. The van der Waals surface area contributed by atoms with Gasteiger partial charge in [-0.3, -0.25) is 4.79 Å². The van der Waals surface area contributed by atoms with Crippen LogP contribution in [0.25, 0.3) is 22.2 Å². The first-order valence-electron chi connectivity index (χ1n) is 10.2. The van der Waals surface area contributed by atoms with Crippen LogP contribution >= 0.6 is 11.6 Å². The lowest BCUT2D eigenvalue weighted by Crippen LogP contribution is -2.31. The predicted molar refractivity (Wildman–Crippen MR) is 123 cm³/mol. The molecule has 160 valence electrons. The topological polar surface area (TPSA) is 93.8 Å². The summed E-state index contributed by atoms with van der Waals surface area (Å²) in [5.41, 5.74) is 6.06. The normalized spacial score (nSPS) is 12.5. The molecule has 0 unspecified atom stereocenters. The zero-order valence-corrected chi connectivity index (χ0v) is 18.4. The highest BCUT2D eigenvalue weighted by molar-refractivity contribution is 6.30. The number of fused-ring (bicyclic) bond motifs is 1. The number of aromatic amines is 2. The van der Waals surface area contributed by atoms with E-state index >= 15 is 0 Å². The standard InChI is InChI=1S/C24H25ClN4O2/c1-13(2)16-8-19-22(14(3)28-23(19)27-10-16)17-9-20(26-11-17)24(31)29-21(12-30)15-5-4-6-18(25)7-15/h4-11,13,21,26,30H,12H2,1-3H3,(H,27,28)(H,29,31)/t21-/m1/s1. The van der Waals surface area contributed by atoms with Crippen molar-refractivity contribution in [1.29, 1.82) is 0 Å². The van der Waals surface area contributed by atoms with Crippen LogP contribution in [0, 0.1) is 6.92 Å². The third-order valence-corrected chi connectivity index (χ3v) is 5.72. The van der Waals surface area contributed by atoms with Crippen LogP contribution in [0.4, 0.5) is 0 Å². The Morgan fingerprint density at radius 1 is 1.23 bits per heavy atom. The first-order valence-corrected chi connectivity index (χ1v) is 10.6. The fraction of sp³-hybridized carbons (Fsp3) is 0.250. The smallest absolute Gasteiger partial charge is 0.268 e. The molecule has 1 amide bonds. The summed E-state index contributed by atoms with van der Waals surface area (Å²) in [7, 11) is 0. The molecule has 0 radical (unpaired) electrons. The summed E-state index contributed by atoms with van der Waals surface area (Å²) in [5.74, 6) is 0.0678. The Bertz CT molecular complexity index is 1240. The Balaban J connectivity index is 1.63. The summed E-state index contributed by atoms with van der Waals surface area (Å²) in [5, 5.41) is 14.2. The monoisotopic (exact) mass is 436 g/mol. The van der Waals surface area contributed by atoms with Crippen molar-refractivity contribution in [3.8, 4) is 11.1 Å². The van der Waals surface area contributed by atoms with Gasteiger partial charge in [-0.1, -0.05) is 37.6 Å². The number of amides is 1. The van der Waals surface area contributed by atoms with Gasteiger partial charge in [0.05, 0.1) is 12.6 Å². The molecule has 0 bridgehead atoms. The summed E-state index contributed by atoms with van der Waals surface area (Å²) in [6, 6.07) is 10.5. The number of aliphatic hydroxyl groups excluding tert-OH is 1. The first kappa shape index (κ1) is 21.2. The van der Waals surface area contributed by atoms with E-state index < -0.39 is 6.04 Å². The number of H-pyrrole nitrogens is 2. The van der Waals surface area contributed by atoms with E-state index in [1.165, 1.54) is 0 Å². The molecule has 7 heteroatoms. The second-order valence-corrected chi connectivity index (χ2v) is 8.45. The van der Waals surface area contributed by atoms with Gasteiger partial charge >= 0.3 is 0 Å². The number of hydrogen-bond donors (Lipinski definition) is 4. The van der Waals surface area contributed by atoms with Gasteiger partial charge in [-0.05, 0) is 48.2 Å². The fourth-order valence-corrected chi connectivity index (χ4v) is 3.96. The molecule has 0 aliphatic heterocycles. The molecule has 3 aromatic heterocycles. The lowest BCUT2D eigenvalue weighted by Gasteiger charge is -2.16. The molecular weight excluding hydrogens is 412 g/mol. The minimum atomic E-state index is -0.550. The number of pyridine rings is 1. The fourth-order valence-electron chi connectivity index (χ4n) is 3.76. The number of nitrogens with one attached hydrogen (secondary N) is 3. The molecule has 0 aliphatic rings. The number of carbonyl (C=O) groups excluding carboxylic acids is 1. The van der Waals surface area contributed by atoms with Crippen molar-refractivity contribution in [2.45, 2.75) is 32.7 Å². The molecule has 3 heterocycles. The van der Waals surface area contributed by atoms with Gasteiger partial charge in [0.2, 0.25) is 0 Å². The van der Waals surface area contributed by atoms with Gasteiger partial charge in [0.25, 0.3) is 5.91 Å². The number of nitrogens with zero attached hydrogens (tertiary/aromatic N) is 1. The Labute approximate surface area is 185 Å². The molecule has 0 aliphatic carbocycles. The highest BCUT2D eigenvalue weighted by atomic mass is 35.5. The van der Waals surface area contributed by atoms with Crippen LogP contribution in [0.15, 0.2) is 48.8 Å². The summed E-state index contributed by atoms with van der Waals surface area (Å²) >= 11 is 6.04. The van der Waals surface area contributed by atoms with Crippen LogP contribution in [0.2, 0.25) is 5.02 Å². The number of aromatic nitrogens is 3. The van der Waals surface area contributed by atoms with Gasteiger partial charge in [0.15, 0.2) is 0 Å². The molecule has 1 aromatic carbocycles. The van der Waals surface area contributed by atoms with Crippen molar-refractivity contribution in [1.82, 2.24) is 20.3 Å². The first-order chi connectivity index (χ1) is 14.9. The number of aliphatic hydroxyl groups is 1. The van der Waals surface area contributed by atoms with E-state index in [0.717, 1.165) is 39.0 Å². The lowest BCUT2D eigenvalue weighted by atomic mass is 10.0. The Kier molecular flexibility index (Phi) is 5.85. The largest absolute Gasteiger partial charge is 0.394 e. The van der Waals surface area contributed by atoms with Crippen LogP contribution < -0.4 is 5.32 Å². The predicted octanol–water partition coefficient (Wildman–Crippen LogP) is 5.11. The molecule has 0 saturated heterocycles. The number of benzene rings is 1. The third-order valence-electron chi connectivity index (χ3n) is 5.48. The lowest BCUT2D eigenvalue weighted by molar-refractivity contribution is 0.0911. The van der Waals surface area contributed by atoms with E-state index in [9.17, 15) is 9.90 Å². The van der Waals surface area contributed by atoms with Crippen molar-refractivity contribution in [2.75, 3.05) is 6.61 Å². The maximum Gasteiger partial charge on any atom is 0.268 e. The summed E-state index contributed by atoms with van der Waals surface area (Å²) in [6.07, 6.45) is 3.72. The van der Waals surface area contributed by atoms with Gasteiger partial charge in [-0.15, -0.1) is 0 Å². The van der Waals surface area contributed by atoms with Crippen LogP contribution in [0.5, 0.6) is 0 Å². The van der Waals surface area contributed by atoms with Crippen molar-refractivity contribution < 1.29 is 9.90 Å². The van der Waals surface area contributed by atoms with Crippen LogP contribution in [-0.2, 0) is 0 Å². The highest BCUT2D eigenvalue weighted by Crippen LogP contribution is 2.33. The summed E-state index contributed by atoms with van der Waals surface area (Å²) < 4.78 is 0. The average Bonchev–Trinajstić information content (AvgIpc) is 3.34. The number of carbonyl (C=O) groups is 1. The number of aryl methyl sites for hydroxylation is 1.